The summed E-state index contributed by atoms with van der Waals surface area (Å²) in [5, 5.41) is 2.76. The minimum atomic E-state index is -0.428. The number of amides is 2. The van der Waals surface area contributed by atoms with Gasteiger partial charge in [0.25, 0.3) is 0 Å². The lowest BCUT2D eigenvalue weighted by molar-refractivity contribution is -0.131. The van der Waals surface area contributed by atoms with Crippen molar-refractivity contribution in [2.75, 3.05) is 11.4 Å². The lowest BCUT2D eigenvalue weighted by atomic mass is 10.0. The molecule has 2 heterocycles. The first-order chi connectivity index (χ1) is 8.97. The Morgan fingerprint density at radius 3 is 2.74 bits per heavy atom. The Balaban J connectivity index is 2.21. The molecule has 1 unspecified atom stereocenters. The highest BCUT2D eigenvalue weighted by Gasteiger charge is 2.33. The molecule has 1 aromatic heterocycles. The summed E-state index contributed by atoms with van der Waals surface area (Å²) in [6, 6.07) is 3.24. The smallest absolute Gasteiger partial charge is 0.250 e. The molecule has 1 atom stereocenters. The molecule has 0 aromatic carbocycles. The summed E-state index contributed by atoms with van der Waals surface area (Å²) >= 11 is 0. The molecular formula is C14H19N3O2. The van der Waals surface area contributed by atoms with Crippen LogP contribution >= 0.6 is 0 Å². The molecule has 0 aliphatic carbocycles. The maximum Gasteiger partial charge on any atom is 0.250 e. The van der Waals surface area contributed by atoms with E-state index in [-0.39, 0.29) is 18.4 Å². The highest BCUT2D eigenvalue weighted by molar-refractivity contribution is 6.06. The Bertz CT molecular complexity index is 482. The number of carbonyl (C=O) groups is 2. The van der Waals surface area contributed by atoms with Crippen LogP contribution in [0.1, 0.15) is 26.0 Å². The summed E-state index contributed by atoms with van der Waals surface area (Å²) in [7, 11) is 0. The van der Waals surface area contributed by atoms with Gasteiger partial charge in [-0.3, -0.25) is 19.5 Å². The van der Waals surface area contributed by atoms with Crippen LogP contribution in [-0.2, 0) is 9.59 Å². The number of aryl methyl sites for hydroxylation is 1. The monoisotopic (exact) mass is 261 g/mol. The van der Waals surface area contributed by atoms with Crippen LogP contribution in [0.2, 0.25) is 0 Å². The van der Waals surface area contributed by atoms with Crippen LogP contribution in [-0.4, -0.2) is 29.4 Å². The maximum atomic E-state index is 12.4. The Morgan fingerprint density at radius 1 is 1.42 bits per heavy atom. The van der Waals surface area contributed by atoms with Crippen molar-refractivity contribution in [3.05, 3.63) is 24.0 Å². The second-order valence-corrected chi connectivity index (χ2v) is 5.33. The average Bonchev–Trinajstić information content (AvgIpc) is 2.34. The molecule has 1 aromatic rings. The van der Waals surface area contributed by atoms with Crippen LogP contribution in [0.3, 0.4) is 0 Å². The van der Waals surface area contributed by atoms with E-state index in [0.717, 1.165) is 5.69 Å². The van der Waals surface area contributed by atoms with Gasteiger partial charge in [-0.2, -0.15) is 0 Å². The summed E-state index contributed by atoms with van der Waals surface area (Å²) in [6.45, 7) is 6.02. The van der Waals surface area contributed by atoms with Crippen LogP contribution in [0.25, 0.3) is 0 Å². The van der Waals surface area contributed by atoms with Crippen molar-refractivity contribution in [3.63, 3.8) is 0 Å². The van der Waals surface area contributed by atoms with E-state index in [1.165, 1.54) is 4.90 Å². The predicted molar refractivity (Wildman–Crippen MR) is 72.7 cm³/mol. The summed E-state index contributed by atoms with van der Waals surface area (Å²) in [6.07, 6.45) is 2.29. The highest BCUT2D eigenvalue weighted by Crippen LogP contribution is 2.19. The fourth-order valence-corrected chi connectivity index (χ4v) is 2.18. The number of hydrogen-bond donors (Lipinski definition) is 1. The number of rotatable bonds is 3. The minimum Gasteiger partial charge on any atom is -0.343 e. The van der Waals surface area contributed by atoms with Crippen LogP contribution in [0.5, 0.6) is 0 Å². The zero-order chi connectivity index (χ0) is 14.0. The highest BCUT2D eigenvalue weighted by atomic mass is 16.2. The molecule has 2 rings (SSSR count). The molecule has 5 nitrogen and oxygen atoms in total. The maximum absolute atomic E-state index is 12.4. The van der Waals surface area contributed by atoms with Gasteiger partial charge in [-0.05, 0) is 31.4 Å². The molecule has 0 spiro atoms. The number of nitrogens with zero attached hydrogens (tertiary/aromatic N) is 2. The Morgan fingerprint density at radius 2 is 2.16 bits per heavy atom. The second kappa shape index (κ2) is 5.38. The molecule has 0 radical (unpaired) electrons. The second-order valence-electron chi connectivity index (χ2n) is 5.33. The van der Waals surface area contributed by atoms with Crippen molar-refractivity contribution < 1.29 is 9.59 Å². The van der Waals surface area contributed by atoms with E-state index in [0.29, 0.717) is 18.0 Å². The zero-order valence-corrected chi connectivity index (χ0v) is 11.5. The summed E-state index contributed by atoms with van der Waals surface area (Å²) < 4.78 is 0. The van der Waals surface area contributed by atoms with Crippen molar-refractivity contribution in [3.8, 4) is 0 Å². The Kier molecular flexibility index (Phi) is 3.83. The van der Waals surface area contributed by atoms with Gasteiger partial charge in [0.2, 0.25) is 11.8 Å². The van der Waals surface area contributed by atoms with Crippen molar-refractivity contribution in [1.29, 1.82) is 0 Å². The first kappa shape index (κ1) is 13.5. The van der Waals surface area contributed by atoms with Gasteiger partial charge < -0.3 is 5.32 Å². The first-order valence-corrected chi connectivity index (χ1v) is 6.50. The third kappa shape index (κ3) is 3.10. The zero-order valence-electron chi connectivity index (χ0n) is 11.5. The minimum absolute atomic E-state index is 0.0565. The van der Waals surface area contributed by atoms with E-state index in [9.17, 15) is 9.59 Å². The van der Waals surface area contributed by atoms with E-state index < -0.39 is 6.04 Å². The number of aromatic nitrogens is 1. The van der Waals surface area contributed by atoms with E-state index in [1.807, 2.05) is 32.9 Å². The van der Waals surface area contributed by atoms with Crippen LogP contribution < -0.4 is 10.2 Å². The van der Waals surface area contributed by atoms with E-state index >= 15 is 0 Å². The lowest BCUT2D eigenvalue weighted by Crippen LogP contribution is -2.58. The SMILES string of the molecule is Cc1ccc(N2CC(=O)NC(CC(C)C)C2=O)cn1. The van der Waals surface area contributed by atoms with E-state index in [4.69, 9.17) is 0 Å². The van der Waals surface area contributed by atoms with Crippen molar-refractivity contribution in [2.24, 2.45) is 5.92 Å². The largest absolute Gasteiger partial charge is 0.343 e. The fraction of sp³-hybridized carbons (Fsp3) is 0.500. The first-order valence-electron chi connectivity index (χ1n) is 6.50. The number of hydrogen-bond acceptors (Lipinski definition) is 3. The predicted octanol–water partition coefficient (Wildman–Crippen LogP) is 1.27. The standard InChI is InChI=1S/C14H19N3O2/c1-9(2)6-12-14(19)17(8-13(18)16-12)11-5-4-10(3)15-7-11/h4-5,7,9,12H,6,8H2,1-3H3,(H,16,18). The summed E-state index contributed by atoms with van der Waals surface area (Å²) in [5.41, 5.74) is 1.57. The van der Waals surface area contributed by atoms with Crippen molar-refractivity contribution in [1.82, 2.24) is 10.3 Å². The van der Waals surface area contributed by atoms with Crippen molar-refractivity contribution in [2.45, 2.75) is 33.2 Å². The Hall–Kier alpha value is -1.91. The molecule has 1 N–H and O–H groups in total. The third-order valence-corrected chi connectivity index (χ3v) is 3.12. The number of anilines is 1. The topological polar surface area (TPSA) is 62.3 Å². The van der Waals surface area contributed by atoms with Gasteiger partial charge in [-0.1, -0.05) is 13.8 Å². The third-order valence-electron chi connectivity index (χ3n) is 3.12. The van der Waals surface area contributed by atoms with E-state index in [1.54, 1.807) is 6.20 Å². The molecular weight excluding hydrogens is 242 g/mol. The molecule has 2 amide bonds. The van der Waals surface area contributed by atoms with Crippen molar-refractivity contribution >= 4 is 17.5 Å². The fourth-order valence-electron chi connectivity index (χ4n) is 2.18. The summed E-state index contributed by atoms with van der Waals surface area (Å²) in [5.74, 6) is 0.176. The number of piperazine rings is 1. The lowest BCUT2D eigenvalue weighted by Gasteiger charge is -2.33. The molecule has 0 saturated carbocycles. The van der Waals surface area contributed by atoms with Gasteiger partial charge in [0.05, 0.1) is 11.9 Å². The van der Waals surface area contributed by atoms with Gasteiger partial charge in [-0.15, -0.1) is 0 Å². The number of carbonyl (C=O) groups excluding carboxylic acids is 2. The molecule has 1 fully saturated rings. The van der Waals surface area contributed by atoms with Crippen LogP contribution in [0.4, 0.5) is 5.69 Å². The van der Waals surface area contributed by atoms with Gasteiger partial charge in [0, 0.05) is 5.69 Å². The molecule has 0 bridgehead atoms. The normalized spacial score (nSPS) is 19.8. The molecule has 19 heavy (non-hydrogen) atoms. The molecule has 5 heteroatoms. The van der Waals surface area contributed by atoms with Gasteiger partial charge in [0.15, 0.2) is 0 Å². The average molecular weight is 261 g/mol. The molecule has 1 saturated heterocycles. The van der Waals surface area contributed by atoms with Gasteiger partial charge in [0.1, 0.15) is 12.6 Å². The summed E-state index contributed by atoms with van der Waals surface area (Å²) in [4.78, 5) is 29.8. The number of nitrogens with one attached hydrogen (secondary N) is 1. The molecule has 102 valence electrons. The van der Waals surface area contributed by atoms with Gasteiger partial charge >= 0.3 is 0 Å². The van der Waals surface area contributed by atoms with E-state index in [2.05, 4.69) is 10.3 Å². The van der Waals surface area contributed by atoms with Crippen LogP contribution in [0.15, 0.2) is 18.3 Å². The Labute approximate surface area is 113 Å². The molecule has 1 aliphatic rings. The van der Waals surface area contributed by atoms with Gasteiger partial charge in [-0.25, -0.2) is 0 Å². The molecule has 1 aliphatic heterocycles. The number of pyridine rings is 1. The quantitative estimate of drug-likeness (QED) is 0.891. The van der Waals surface area contributed by atoms with Crippen LogP contribution in [0, 0.1) is 12.8 Å².